The van der Waals surface area contributed by atoms with Gasteiger partial charge in [-0.1, -0.05) is 19.3 Å². The van der Waals surface area contributed by atoms with Crippen molar-refractivity contribution in [3.63, 3.8) is 0 Å². The van der Waals surface area contributed by atoms with Gasteiger partial charge in [0, 0.05) is 60.5 Å². The molecular formula is C26H34N8OS. The third-order valence-corrected chi connectivity index (χ3v) is 7.66. The van der Waals surface area contributed by atoms with Crippen molar-refractivity contribution in [2.75, 3.05) is 48.8 Å². The Balaban J connectivity index is 1.30. The number of aromatic nitrogens is 4. The van der Waals surface area contributed by atoms with Crippen molar-refractivity contribution >= 4 is 40.8 Å². The molecule has 5 rings (SSSR count). The first-order chi connectivity index (χ1) is 17.5. The average molecular weight is 507 g/mol. The first-order valence-corrected chi connectivity index (χ1v) is 13.5. The molecular weight excluding hydrogens is 472 g/mol. The molecule has 3 N–H and O–H groups in total. The second-order valence-corrected chi connectivity index (χ2v) is 10.7. The average Bonchev–Trinajstić information content (AvgIpc) is 3.30. The molecule has 0 bridgehead atoms. The third kappa shape index (κ3) is 6.36. The highest BCUT2D eigenvalue weighted by atomic mass is 32.2. The Morgan fingerprint density at radius 3 is 2.44 bits per heavy atom. The van der Waals surface area contributed by atoms with Gasteiger partial charge >= 0.3 is 0 Å². The minimum atomic E-state index is 0.141. The van der Waals surface area contributed by atoms with E-state index in [1.54, 1.807) is 0 Å². The fourth-order valence-corrected chi connectivity index (χ4v) is 5.42. The molecule has 0 spiro atoms. The zero-order valence-electron chi connectivity index (χ0n) is 21.0. The van der Waals surface area contributed by atoms with Crippen LogP contribution in [-0.4, -0.2) is 64.2 Å². The van der Waals surface area contributed by atoms with E-state index in [0.29, 0.717) is 11.0 Å². The van der Waals surface area contributed by atoms with Crippen LogP contribution in [-0.2, 0) is 4.79 Å². The van der Waals surface area contributed by atoms with E-state index in [1.807, 2.05) is 43.3 Å². The highest BCUT2D eigenvalue weighted by Crippen LogP contribution is 2.31. The second kappa shape index (κ2) is 11.3. The number of nitrogens with zero attached hydrogens (tertiary/aromatic N) is 5. The Labute approximate surface area is 216 Å². The fraction of sp³-hybridized carbons (Fsp3) is 0.462. The van der Waals surface area contributed by atoms with Crippen LogP contribution in [0.2, 0.25) is 0 Å². The summed E-state index contributed by atoms with van der Waals surface area (Å²) in [5.74, 6) is 2.63. The van der Waals surface area contributed by atoms with Crippen molar-refractivity contribution < 1.29 is 4.79 Å². The molecule has 1 saturated carbocycles. The van der Waals surface area contributed by atoms with Crippen molar-refractivity contribution in [3.05, 3.63) is 42.1 Å². The molecule has 0 unspecified atom stereocenters. The van der Waals surface area contributed by atoms with Crippen LogP contribution in [0.25, 0.3) is 0 Å². The maximum atomic E-state index is 12.6. The monoisotopic (exact) mass is 506 g/mol. The third-order valence-electron chi connectivity index (χ3n) is 6.79. The van der Waals surface area contributed by atoms with E-state index < -0.39 is 0 Å². The smallest absolute Gasteiger partial charge is 0.227 e. The zero-order valence-corrected chi connectivity index (χ0v) is 21.8. The molecule has 2 fully saturated rings. The van der Waals surface area contributed by atoms with Crippen LogP contribution < -0.4 is 15.5 Å². The lowest BCUT2D eigenvalue weighted by Gasteiger charge is -2.33. The lowest BCUT2D eigenvalue weighted by Crippen LogP contribution is -2.44. The number of benzene rings is 1. The van der Waals surface area contributed by atoms with Crippen molar-refractivity contribution in [2.45, 2.75) is 49.1 Å². The van der Waals surface area contributed by atoms with Gasteiger partial charge in [0.2, 0.25) is 5.91 Å². The molecule has 1 amide bonds. The second-order valence-electron chi connectivity index (χ2n) is 9.70. The summed E-state index contributed by atoms with van der Waals surface area (Å²) in [7, 11) is 2.15. The number of piperazine rings is 1. The van der Waals surface area contributed by atoms with Crippen molar-refractivity contribution in [2.24, 2.45) is 5.92 Å². The van der Waals surface area contributed by atoms with Crippen LogP contribution in [0.3, 0.4) is 0 Å². The Morgan fingerprint density at radius 2 is 1.75 bits per heavy atom. The summed E-state index contributed by atoms with van der Waals surface area (Å²) in [5.41, 5.74) is 1.81. The van der Waals surface area contributed by atoms with E-state index in [4.69, 9.17) is 9.97 Å². The van der Waals surface area contributed by atoms with Crippen molar-refractivity contribution in [1.82, 2.24) is 25.1 Å². The molecule has 3 aromatic rings. The topological polar surface area (TPSA) is 102 Å². The van der Waals surface area contributed by atoms with E-state index in [9.17, 15) is 4.79 Å². The van der Waals surface area contributed by atoms with Gasteiger partial charge in [-0.3, -0.25) is 9.89 Å². The highest BCUT2D eigenvalue weighted by Gasteiger charge is 2.21. The number of anilines is 4. The summed E-state index contributed by atoms with van der Waals surface area (Å²) in [4.78, 5) is 27.9. The number of aryl methyl sites for hydroxylation is 1. The standard InChI is InChI=1S/C26H34N8OS/c1-18-16-23(32-31-18)28-22-17-24(34-14-12-33(2)13-15-34)30-26(29-22)36-21-10-8-20(9-11-21)27-25(35)19-6-4-3-5-7-19/h8-11,16-17,19H,3-7,12-15H2,1-2H3,(H,27,35)(H2,28,29,30,31,32). The van der Waals surface area contributed by atoms with E-state index in [-0.39, 0.29) is 11.8 Å². The summed E-state index contributed by atoms with van der Waals surface area (Å²) >= 11 is 1.51. The number of carbonyl (C=O) groups is 1. The molecule has 2 aromatic heterocycles. The number of rotatable bonds is 7. The van der Waals surface area contributed by atoms with Crippen LogP contribution in [0, 0.1) is 12.8 Å². The largest absolute Gasteiger partial charge is 0.354 e. The van der Waals surface area contributed by atoms with Crippen LogP contribution in [0.1, 0.15) is 37.8 Å². The van der Waals surface area contributed by atoms with Gasteiger partial charge in [-0.05, 0) is 62.8 Å². The number of aromatic amines is 1. The summed E-state index contributed by atoms with van der Waals surface area (Å²) in [6.45, 7) is 5.82. The summed E-state index contributed by atoms with van der Waals surface area (Å²) < 4.78 is 0. The molecule has 1 aromatic carbocycles. The molecule has 1 aliphatic carbocycles. The molecule has 2 aliphatic rings. The summed E-state index contributed by atoms with van der Waals surface area (Å²) in [6.07, 6.45) is 5.53. The number of H-pyrrole nitrogens is 1. The Morgan fingerprint density at radius 1 is 1.00 bits per heavy atom. The summed E-state index contributed by atoms with van der Waals surface area (Å²) in [5, 5.41) is 14.3. The van der Waals surface area contributed by atoms with Crippen molar-refractivity contribution in [1.29, 1.82) is 0 Å². The van der Waals surface area contributed by atoms with E-state index >= 15 is 0 Å². The first kappa shape index (κ1) is 24.6. The minimum Gasteiger partial charge on any atom is -0.354 e. The number of carbonyl (C=O) groups excluding carboxylic acids is 1. The Kier molecular flexibility index (Phi) is 7.72. The molecule has 190 valence electrons. The molecule has 36 heavy (non-hydrogen) atoms. The van der Waals surface area contributed by atoms with Crippen LogP contribution in [0.4, 0.5) is 23.1 Å². The predicted molar refractivity (Wildman–Crippen MR) is 144 cm³/mol. The first-order valence-electron chi connectivity index (χ1n) is 12.7. The SMILES string of the molecule is Cc1cc(Nc2cc(N3CCN(C)CC3)nc(Sc3ccc(NC(=O)C4CCCCC4)cc3)n2)n[nH]1. The number of likely N-dealkylation sites (N-methyl/N-ethyl adjacent to an activating group) is 1. The summed E-state index contributed by atoms with van der Waals surface area (Å²) in [6, 6.07) is 11.9. The maximum Gasteiger partial charge on any atom is 0.227 e. The van der Waals surface area contributed by atoms with Crippen LogP contribution in [0.5, 0.6) is 0 Å². The Hall–Kier alpha value is -3.11. The van der Waals surface area contributed by atoms with Gasteiger partial charge in [-0.25, -0.2) is 9.97 Å². The van der Waals surface area contributed by atoms with E-state index in [2.05, 4.69) is 37.7 Å². The zero-order chi connectivity index (χ0) is 24.9. The van der Waals surface area contributed by atoms with E-state index in [0.717, 1.165) is 79.8 Å². The molecule has 1 saturated heterocycles. The van der Waals surface area contributed by atoms with Gasteiger partial charge in [-0.15, -0.1) is 0 Å². The number of hydrogen-bond donors (Lipinski definition) is 3. The number of hydrogen-bond acceptors (Lipinski definition) is 8. The molecule has 0 atom stereocenters. The fourth-order valence-electron chi connectivity index (χ4n) is 4.65. The predicted octanol–water partition coefficient (Wildman–Crippen LogP) is 4.67. The Bertz CT molecular complexity index is 1170. The molecule has 9 nitrogen and oxygen atoms in total. The quantitative estimate of drug-likeness (QED) is 0.397. The van der Waals surface area contributed by atoms with Crippen molar-refractivity contribution in [3.8, 4) is 0 Å². The normalized spacial score (nSPS) is 17.2. The highest BCUT2D eigenvalue weighted by molar-refractivity contribution is 7.99. The van der Waals surface area contributed by atoms with Crippen LogP contribution in [0.15, 0.2) is 46.5 Å². The van der Waals surface area contributed by atoms with Gasteiger partial charge in [0.25, 0.3) is 0 Å². The van der Waals surface area contributed by atoms with Gasteiger partial charge in [-0.2, -0.15) is 5.10 Å². The molecule has 1 aliphatic heterocycles. The van der Waals surface area contributed by atoms with E-state index in [1.165, 1.54) is 18.2 Å². The molecule has 3 heterocycles. The van der Waals surface area contributed by atoms with Gasteiger partial charge in [0.1, 0.15) is 11.6 Å². The number of nitrogens with one attached hydrogen (secondary N) is 3. The van der Waals surface area contributed by atoms with Gasteiger partial charge in [0.05, 0.1) is 0 Å². The maximum absolute atomic E-state index is 12.6. The molecule has 10 heteroatoms. The molecule has 0 radical (unpaired) electrons. The number of amides is 1. The van der Waals surface area contributed by atoms with Crippen LogP contribution >= 0.6 is 11.8 Å². The lowest BCUT2D eigenvalue weighted by atomic mass is 9.88. The minimum absolute atomic E-state index is 0.141. The lowest BCUT2D eigenvalue weighted by molar-refractivity contribution is -0.120. The van der Waals surface area contributed by atoms with Gasteiger partial charge < -0.3 is 20.4 Å². The van der Waals surface area contributed by atoms with Gasteiger partial charge in [0.15, 0.2) is 11.0 Å².